The molecule has 2 aliphatic rings. The predicted molar refractivity (Wildman–Crippen MR) is 183 cm³/mol. The van der Waals surface area contributed by atoms with E-state index in [4.69, 9.17) is 14.6 Å². The summed E-state index contributed by atoms with van der Waals surface area (Å²) >= 11 is 0. The number of carbonyl (C=O) groups is 1. The van der Waals surface area contributed by atoms with E-state index in [0.717, 1.165) is 73.3 Å². The number of nitrogens with zero attached hydrogens (tertiary/aromatic N) is 3. The largest absolute Gasteiger partial charge is 0.508 e. The van der Waals surface area contributed by atoms with Crippen LogP contribution in [0.5, 0.6) is 17.4 Å². The molecule has 2 fully saturated rings. The van der Waals surface area contributed by atoms with Crippen LogP contribution in [0.15, 0.2) is 54.6 Å². The van der Waals surface area contributed by atoms with Crippen molar-refractivity contribution in [2.24, 2.45) is 0 Å². The number of likely N-dealkylation sites (tertiary alicyclic amines) is 1. The van der Waals surface area contributed by atoms with Crippen molar-refractivity contribution in [2.75, 3.05) is 27.2 Å². The molecule has 5 rings (SSSR count). The number of ether oxygens (including phenoxy) is 3. The lowest BCUT2D eigenvalue weighted by atomic mass is 9.97. The van der Waals surface area contributed by atoms with Gasteiger partial charge in [-0.2, -0.15) is 5.10 Å². The number of halogens is 2. The highest BCUT2D eigenvalue weighted by atomic mass is 35.5. The van der Waals surface area contributed by atoms with E-state index in [2.05, 4.69) is 64.1 Å². The lowest BCUT2D eigenvalue weighted by Crippen LogP contribution is -2.35. The second kappa shape index (κ2) is 20.1. The number of hydrogen-bond acceptors (Lipinski definition) is 8. The molecule has 10 heteroatoms. The summed E-state index contributed by atoms with van der Waals surface area (Å²) < 4.78 is 16.9. The normalized spacial score (nSPS) is 15.4. The van der Waals surface area contributed by atoms with Gasteiger partial charge in [-0.05, 0) is 93.8 Å². The van der Waals surface area contributed by atoms with E-state index in [1.807, 2.05) is 0 Å². The number of esters is 1. The van der Waals surface area contributed by atoms with Crippen LogP contribution in [-0.2, 0) is 22.4 Å². The zero-order valence-electron chi connectivity index (χ0n) is 26.8. The highest BCUT2D eigenvalue weighted by Crippen LogP contribution is 2.30. The highest BCUT2D eigenvalue weighted by Gasteiger charge is 2.20. The molecule has 8 nitrogen and oxygen atoms in total. The molecule has 1 aromatic heterocycles. The van der Waals surface area contributed by atoms with Crippen LogP contribution >= 0.6 is 24.8 Å². The Labute approximate surface area is 280 Å². The molecule has 0 unspecified atom stereocenters. The number of methoxy groups -OCH3 is 1. The van der Waals surface area contributed by atoms with Gasteiger partial charge in [-0.15, -0.1) is 29.9 Å². The number of aromatic nitrogens is 2. The first-order valence-corrected chi connectivity index (χ1v) is 15.8. The molecule has 1 aliphatic heterocycles. The minimum Gasteiger partial charge on any atom is -0.508 e. The summed E-state index contributed by atoms with van der Waals surface area (Å²) in [7, 11) is 3.51. The van der Waals surface area contributed by atoms with Gasteiger partial charge < -0.3 is 24.2 Å². The van der Waals surface area contributed by atoms with E-state index in [9.17, 15) is 4.79 Å². The molecular weight excluding hydrogens is 613 g/mol. The van der Waals surface area contributed by atoms with E-state index >= 15 is 0 Å². The van der Waals surface area contributed by atoms with E-state index in [1.54, 1.807) is 12.1 Å². The Kier molecular flexibility index (Phi) is 17.1. The number of unbranched alkanes of at least 4 members (excludes halogenated alkanes) is 1. The first-order chi connectivity index (χ1) is 20.9. The molecule has 1 saturated heterocycles. The third-order valence-corrected chi connectivity index (χ3v) is 8.10. The molecule has 0 atom stereocenters. The Morgan fingerprint density at radius 2 is 1.53 bits per heavy atom. The van der Waals surface area contributed by atoms with Gasteiger partial charge in [-0.25, -0.2) is 0 Å². The molecule has 3 aromatic rings. The van der Waals surface area contributed by atoms with Crippen LogP contribution < -0.4 is 9.47 Å². The number of carbonyl (C=O) groups excluding carboxylic acids is 1. The fourth-order valence-electron chi connectivity index (χ4n) is 5.45. The Morgan fingerprint density at radius 3 is 2.16 bits per heavy atom. The van der Waals surface area contributed by atoms with Crippen LogP contribution in [0.3, 0.4) is 0 Å². The fraction of sp³-hybridized carbons (Fsp3) is 0.514. The van der Waals surface area contributed by atoms with Crippen molar-refractivity contribution in [2.45, 2.75) is 89.8 Å². The van der Waals surface area contributed by atoms with Gasteiger partial charge >= 0.3 is 5.97 Å². The van der Waals surface area contributed by atoms with Gasteiger partial charge in [0.25, 0.3) is 0 Å². The summed E-state index contributed by atoms with van der Waals surface area (Å²) in [5, 5.41) is 17.9. The Bertz CT molecular complexity index is 1260. The third kappa shape index (κ3) is 12.7. The lowest BCUT2D eigenvalue weighted by molar-refractivity contribution is -0.139. The molecule has 0 bridgehead atoms. The van der Waals surface area contributed by atoms with Crippen molar-refractivity contribution >= 4 is 30.8 Å². The van der Waals surface area contributed by atoms with Crippen molar-refractivity contribution in [3.05, 3.63) is 65.9 Å². The molecule has 248 valence electrons. The Balaban J connectivity index is 0.000000428. The SMILES string of the molecule is CCCCc1nnc(OC2CCN(C)CC2)cc1-c1ccc(OC2CCCCC2)cc1.COC(=O)Cc1ccc(O)cc1.Cl.Cl. The van der Waals surface area contributed by atoms with Crippen molar-refractivity contribution in [3.63, 3.8) is 0 Å². The second-order valence-electron chi connectivity index (χ2n) is 11.6. The zero-order valence-corrected chi connectivity index (χ0v) is 28.4. The molecule has 0 radical (unpaired) electrons. The number of phenolic OH excluding ortho intramolecular Hbond substituents is 1. The summed E-state index contributed by atoms with van der Waals surface area (Å²) in [5.41, 5.74) is 4.18. The standard InChI is InChI=1S/C26H37N3O2.C9H10O3.2ClH/c1-3-4-10-25-24(19-26(28-27-25)31-23-15-17-29(2)18-16-23)20-11-13-22(14-12-20)30-21-8-6-5-7-9-21;1-12-9(11)6-7-2-4-8(10)5-3-7;;/h11-14,19,21,23H,3-10,15-18H2,1-2H3;2-5,10H,6H2,1H3;2*1H. The number of hydrogen-bond donors (Lipinski definition) is 1. The molecule has 1 aliphatic carbocycles. The van der Waals surface area contributed by atoms with Crippen molar-refractivity contribution in [1.29, 1.82) is 0 Å². The van der Waals surface area contributed by atoms with Crippen molar-refractivity contribution < 1.29 is 24.1 Å². The third-order valence-electron chi connectivity index (χ3n) is 8.10. The highest BCUT2D eigenvalue weighted by molar-refractivity contribution is 5.85. The van der Waals surface area contributed by atoms with Crippen LogP contribution in [0, 0.1) is 0 Å². The summed E-state index contributed by atoms with van der Waals surface area (Å²) in [6.45, 7) is 4.35. The number of piperidine rings is 1. The van der Waals surface area contributed by atoms with Gasteiger partial charge in [0.05, 0.1) is 25.3 Å². The maximum Gasteiger partial charge on any atom is 0.309 e. The maximum atomic E-state index is 10.8. The maximum absolute atomic E-state index is 10.8. The first-order valence-electron chi connectivity index (χ1n) is 15.8. The summed E-state index contributed by atoms with van der Waals surface area (Å²) in [6, 6.07) is 17.1. The molecule has 1 N–H and O–H groups in total. The van der Waals surface area contributed by atoms with Crippen LogP contribution in [0.4, 0.5) is 0 Å². The van der Waals surface area contributed by atoms with Gasteiger partial charge in [0.15, 0.2) is 0 Å². The van der Waals surface area contributed by atoms with Gasteiger partial charge in [0, 0.05) is 24.7 Å². The van der Waals surface area contributed by atoms with Gasteiger partial charge in [-0.3, -0.25) is 4.79 Å². The van der Waals surface area contributed by atoms with Crippen molar-refractivity contribution in [1.82, 2.24) is 15.1 Å². The van der Waals surface area contributed by atoms with Crippen LogP contribution in [-0.4, -0.2) is 65.6 Å². The number of phenols is 1. The summed E-state index contributed by atoms with van der Waals surface area (Å²) in [5.74, 6) is 1.53. The Morgan fingerprint density at radius 1 is 0.889 bits per heavy atom. The van der Waals surface area contributed by atoms with E-state index in [1.165, 1.54) is 51.3 Å². The van der Waals surface area contributed by atoms with Crippen LogP contribution in [0.2, 0.25) is 0 Å². The second-order valence-corrected chi connectivity index (χ2v) is 11.6. The predicted octanol–water partition coefficient (Wildman–Crippen LogP) is 7.62. The average molecular weight is 663 g/mol. The topological polar surface area (TPSA) is 94.0 Å². The molecule has 0 spiro atoms. The fourth-order valence-corrected chi connectivity index (χ4v) is 5.45. The molecule has 2 heterocycles. The Hall–Kier alpha value is -3.07. The van der Waals surface area contributed by atoms with E-state index in [0.29, 0.717) is 12.0 Å². The van der Waals surface area contributed by atoms with Gasteiger partial charge in [-0.1, -0.05) is 44.0 Å². The smallest absolute Gasteiger partial charge is 0.309 e. The van der Waals surface area contributed by atoms with Crippen molar-refractivity contribution in [3.8, 4) is 28.5 Å². The summed E-state index contributed by atoms with van der Waals surface area (Å²) in [6.07, 6.45) is 12.4. The van der Waals surface area contributed by atoms with E-state index in [-0.39, 0.29) is 49.1 Å². The molecule has 1 saturated carbocycles. The van der Waals surface area contributed by atoms with Gasteiger partial charge in [0.1, 0.15) is 17.6 Å². The number of aryl methyl sites for hydroxylation is 1. The zero-order chi connectivity index (χ0) is 30.4. The van der Waals surface area contributed by atoms with Crippen LogP contribution in [0.1, 0.15) is 76.0 Å². The number of benzene rings is 2. The lowest BCUT2D eigenvalue weighted by Gasteiger charge is -2.28. The molecule has 0 amide bonds. The van der Waals surface area contributed by atoms with E-state index < -0.39 is 0 Å². The van der Waals surface area contributed by atoms with Crippen LogP contribution in [0.25, 0.3) is 11.1 Å². The van der Waals surface area contributed by atoms with Gasteiger partial charge in [0.2, 0.25) is 5.88 Å². The number of aromatic hydroxyl groups is 1. The monoisotopic (exact) mass is 661 g/mol. The quantitative estimate of drug-likeness (QED) is 0.222. The molecule has 2 aromatic carbocycles. The first kappa shape index (κ1) is 38.1. The minimum atomic E-state index is -0.277. The minimum absolute atomic E-state index is 0. The summed E-state index contributed by atoms with van der Waals surface area (Å²) in [4.78, 5) is 13.1. The average Bonchev–Trinajstić information content (AvgIpc) is 3.04. The number of rotatable bonds is 10. The molecule has 45 heavy (non-hydrogen) atoms. The molecular formula is C35H49Cl2N3O5.